The molecule has 1 heterocycles. The van der Waals surface area contributed by atoms with Crippen molar-refractivity contribution in [3.05, 3.63) is 35.4 Å². The minimum Gasteiger partial charge on any atom is -0.373 e. The summed E-state index contributed by atoms with van der Waals surface area (Å²) >= 11 is 0. The molecule has 0 saturated carbocycles. The number of rotatable bonds is 6. The van der Waals surface area contributed by atoms with E-state index in [0.717, 1.165) is 38.7 Å². The van der Waals surface area contributed by atoms with E-state index in [-0.39, 0.29) is 0 Å². The van der Waals surface area contributed by atoms with Crippen molar-refractivity contribution in [1.82, 2.24) is 15.5 Å². The normalized spacial score (nSPS) is 21.3. The number of benzene rings is 1. The second-order valence-electron chi connectivity index (χ2n) is 6.45. The first-order chi connectivity index (χ1) is 11.6. The molecule has 134 valence electrons. The molecule has 5 nitrogen and oxygen atoms in total. The smallest absolute Gasteiger partial charge is 0.191 e. The van der Waals surface area contributed by atoms with E-state index < -0.39 is 0 Å². The van der Waals surface area contributed by atoms with Gasteiger partial charge in [-0.15, -0.1) is 0 Å². The van der Waals surface area contributed by atoms with Gasteiger partial charge in [0, 0.05) is 32.7 Å². The van der Waals surface area contributed by atoms with Crippen molar-refractivity contribution in [2.75, 3.05) is 26.2 Å². The topological polar surface area (TPSA) is 48.9 Å². The van der Waals surface area contributed by atoms with Crippen LogP contribution >= 0.6 is 0 Å². The monoisotopic (exact) mass is 332 g/mol. The first-order valence-electron chi connectivity index (χ1n) is 9.09. The average molecular weight is 332 g/mol. The molecular formula is C19H32N4O. The number of nitrogens with zero attached hydrogens (tertiary/aromatic N) is 2. The van der Waals surface area contributed by atoms with Gasteiger partial charge in [0.1, 0.15) is 0 Å². The molecule has 0 aliphatic carbocycles. The Kier molecular flexibility index (Phi) is 7.53. The summed E-state index contributed by atoms with van der Waals surface area (Å²) in [6.07, 6.45) is 0.598. The fraction of sp³-hybridized carbons (Fsp3) is 0.632. The highest BCUT2D eigenvalue weighted by molar-refractivity contribution is 5.79. The van der Waals surface area contributed by atoms with Gasteiger partial charge < -0.3 is 15.4 Å². The summed E-state index contributed by atoms with van der Waals surface area (Å²) in [6, 6.07) is 8.61. The highest BCUT2D eigenvalue weighted by Crippen LogP contribution is 2.17. The molecule has 0 radical (unpaired) electrons. The van der Waals surface area contributed by atoms with Crippen LogP contribution in [-0.2, 0) is 17.8 Å². The van der Waals surface area contributed by atoms with E-state index in [9.17, 15) is 0 Å². The molecule has 24 heavy (non-hydrogen) atoms. The van der Waals surface area contributed by atoms with Crippen LogP contribution in [0.15, 0.2) is 29.3 Å². The van der Waals surface area contributed by atoms with Crippen LogP contribution in [0.4, 0.5) is 0 Å². The number of nitrogens with one attached hydrogen (secondary N) is 2. The van der Waals surface area contributed by atoms with E-state index in [1.54, 1.807) is 0 Å². The minimum atomic E-state index is 0.299. The molecule has 0 aromatic heterocycles. The maximum absolute atomic E-state index is 5.84. The van der Waals surface area contributed by atoms with Crippen LogP contribution < -0.4 is 10.6 Å². The lowest BCUT2D eigenvalue weighted by atomic mass is 10.1. The summed E-state index contributed by atoms with van der Waals surface area (Å²) in [7, 11) is 0. The zero-order valence-electron chi connectivity index (χ0n) is 15.5. The molecule has 1 aliphatic rings. The van der Waals surface area contributed by atoms with E-state index in [2.05, 4.69) is 67.5 Å². The Labute approximate surface area is 146 Å². The molecular weight excluding hydrogens is 300 g/mol. The molecule has 0 unspecified atom stereocenters. The molecule has 0 bridgehead atoms. The van der Waals surface area contributed by atoms with Gasteiger partial charge in [-0.05, 0) is 38.8 Å². The Morgan fingerprint density at radius 2 is 1.67 bits per heavy atom. The molecule has 5 heteroatoms. The maximum Gasteiger partial charge on any atom is 0.191 e. The Morgan fingerprint density at radius 1 is 1.08 bits per heavy atom. The molecule has 0 spiro atoms. The lowest BCUT2D eigenvalue weighted by Crippen LogP contribution is -2.44. The van der Waals surface area contributed by atoms with E-state index in [1.165, 1.54) is 11.1 Å². The molecule has 2 rings (SSSR count). The standard InChI is InChI=1S/C19H32N4O/c1-5-20-19(21-6-2)22-11-17-9-7-8-10-18(17)14-23-12-15(3)24-16(4)13-23/h7-10,15-16H,5-6,11-14H2,1-4H3,(H2,20,21,22)/t15-,16+. The summed E-state index contributed by atoms with van der Waals surface area (Å²) in [4.78, 5) is 7.19. The van der Waals surface area contributed by atoms with Gasteiger partial charge in [-0.2, -0.15) is 0 Å². The van der Waals surface area contributed by atoms with Crippen molar-refractivity contribution in [3.63, 3.8) is 0 Å². The fourth-order valence-corrected chi connectivity index (χ4v) is 3.19. The van der Waals surface area contributed by atoms with Crippen LogP contribution in [0.5, 0.6) is 0 Å². The second-order valence-corrected chi connectivity index (χ2v) is 6.45. The molecule has 2 N–H and O–H groups in total. The van der Waals surface area contributed by atoms with Crippen molar-refractivity contribution < 1.29 is 4.74 Å². The molecule has 1 fully saturated rings. The van der Waals surface area contributed by atoms with Gasteiger partial charge >= 0.3 is 0 Å². The third-order valence-corrected chi connectivity index (χ3v) is 4.10. The van der Waals surface area contributed by atoms with Crippen LogP contribution in [0.2, 0.25) is 0 Å². The van der Waals surface area contributed by atoms with Crippen molar-refractivity contribution in [1.29, 1.82) is 0 Å². The zero-order valence-corrected chi connectivity index (χ0v) is 15.5. The van der Waals surface area contributed by atoms with Crippen LogP contribution in [0.3, 0.4) is 0 Å². The SMILES string of the molecule is CCNC(=NCc1ccccc1CN1C[C@@H](C)O[C@@H](C)C1)NCC. The van der Waals surface area contributed by atoms with Gasteiger partial charge in [0.25, 0.3) is 0 Å². The molecule has 2 atom stereocenters. The maximum atomic E-state index is 5.84. The third kappa shape index (κ3) is 5.80. The van der Waals surface area contributed by atoms with Gasteiger partial charge in [-0.25, -0.2) is 4.99 Å². The van der Waals surface area contributed by atoms with Gasteiger partial charge in [-0.1, -0.05) is 24.3 Å². The number of ether oxygens (including phenoxy) is 1. The predicted molar refractivity (Wildman–Crippen MR) is 100 cm³/mol. The summed E-state index contributed by atoms with van der Waals surface area (Å²) in [5.41, 5.74) is 2.65. The van der Waals surface area contributed by atoms with Crippen LogP contribution in [0.1, 0.15) is 38.8 Å². The summed E-state index contributed by atoms with van der Waals surface area (Å²) in [5.74, 6) is 0.878. The first-order valence-corrected chi connectivity index (χ1v) is 9.09. The zero-order chi connectivity index (χ0) is 17.4. The number of hydrogen-bond donors (Lipinski definition) is 2. The van der Waals surface area contributed by atoms with Crippen LogP contribution in [-0.4, -0.2) is 49.2 Å². The number of aliphatic imine (C=N–C) groups is 1. The quantitative estimate of drug-likeness (QED) is 0.620. The van der Waals surface area contributed by atoms with Gasteiger partial charge in [0.15, 0.2) is 5.96 Å². The highest BCUT2D eigenvalue weighted by Gasteiger charge is 2.22. The fourth-order valence-electron chi connectivity index (χ4n) is 3.19. The Hall–Kier alpha value is -1.59. The largest absolute Gasteiger partial charge is 0.373 e. The van der Waals surface area contributed by atoms with Crippen LogP contribution in [0, 0.1) is 0 Å². The highest BCUT2D eigenvalue weighted by atomic mass is 16.5. The van der Waals surface area contributed by atoms with Crippen molar-refractivity contribution in [3.8, 4) is 0 Å². The van der Waals surface area contributed by atoms with E-state index in [1.807, 2.05) is 0 Å². The molecule has 0 amide bonds. The molecule has 1 aliphatic heterocycles. The van der Waals surface area contributed by atoms with E-state index in [0.29, 0.717) is 18.8 Å². The van der Waals surface area contributed by atoms with Crippen LogP contribution in [0.25, 0.3) is 0 Å². The van der Waals surface area contributed by atoms with Gasteiger partial charge in [-0.3, -0.25) is 4.90 Å². The van der Waals surface area contributed by atoms with Crippen molar-refractivity contribution in [2.24, 2.45) is 4.99 Å². The summed E-state index contributed by atoms with van der Waals surface area (Å²) in [6.45, 7) is 13.8. The van der Waals surface area contributed by atoms with E-state index >= 15 is 0 Å². The number of guanidine groups is 1. The van der Waals surface area contributed by atoms with Gasteiger partial charge in [0.2, 0.25) is 0 Å². The summed E-state index contributed by atoms with van der Waals surface area (Å²) in [5, 5.41) is 6.56. The molecule has 1 aromatic carbocycles. The summed E-state index contributed by atoms with van der Waals surface area (Å²) < 4.78 is 5.84. The van der Waals surface area contributed by atoms with Gasteiger partial charge in [0.05, 0.1) is 18.8 Å². The van der Waals surface area contributed by atoms with E-state index in [4.69, 9.17) is 9.73 Å². The van der Waals surface area contributed by atoms with Crippen molar-refractivity contribution in [2.45, 2.75) is 53.0 Å². The molecule has 1 saturated heterocycles. The lowest BCUT2D eigenvalue weighted by Gasteiger charge is -2.35. The Balaban J connectivity index is 2.05. The average Bonchev–Trinajstić information content (AvgIpc) is 2.53. The molecule has 1 aromatic rings. The minimum absolute atomic E-state index is 0.299. The Morgan fingerprint density at radius 3 is 2.25 bits per heavy atom. The number of hydrogen-bond acceptors (Lipinski definition) is 3. The predicted octanol–water partition coefficient (Wildman–Crippen LogP) is 2.37. The second kappa shape index (κ2) is 9.64. The first kappa shape index (κ1) is 18.7. The van der Waals surface area contributed by atoms with Crippen molar-refractivity contribution >= 4 is 5.96 Å². The Bertz CT molecular complexity index is 514. The number of morpholine rings is 1. The lowest BCUT2D eigenvalue weighted by molar-refractivity contribution is -0.0705. The third-order valence-electron chi connectivity index (χ3n) is 4.10.